The molecule has 1 aromatic heterocycles. The van der Waals surface area contributed by atoms with Crippen molar-refractivity contribution >= 4 is 34.1 Å². The zero-order valence-corrected chi connectivity index (χ0v) is 19.5. The van der Waals surface area contributed by atoms with E-state index in [1.165, 1.54) is 16.5 Å². The van der Waals surface area contributed by atoms with E-state index in [0.29, 0.717) is 28.2 Å². The van der Waals surface area contributed by atoms with Crippen molar-refractivity contribution in [2.24, 2.45) is 0 Å². The molecule has 0 unspecified atom stereocenters. The van der Waals surface area contributed by atoms with Crippen LogP contribution in [0.1, 0.15) is 23.6 Å². The summed E-state index contributed by atoms with van der Waals surface area (Å²) < 4.78 is 11.8. The molecule has 0 aliphatic rings. The third kappa shape index (κ3) is 5.39. The highest BCUT2D eigenvalue weighted by Gasteiger charge is 2.11. The van der Waals surface area contributed by atoms with Gasteiger partial charge in [0.1, 0.15) is 6.61 Å². The molecule has 0 bridgehead atoms. The highest BCUT2D eigenvalue weighted by molar-refractivity contribution is 6.35. The topological polar surface area (TPSA) is 46.3 Å². The lowest BCUT2D eigenvalue weighted by molar-refractivity contribution is 0.269. The van der Waals surface area contributed by atoms with Gasteiger partial charge in [0.2, 0.25) is 0 Å². The Labute approximate surface area is 198 Å². The van der Waals surface area contributed by atoms with Gasteiger partial charge in [-0.25, -0.2) is 0 Å². The van der Waals surface area contributed by atoms with Crippen molar-refractivity contribution in [2.45, 2.75) is 26.5 Å². The number of halogens is 2. The Kier molecular flexibility index (Phi) is 7.59. The number of para-hydroxylation sites is 1. The third-order valence-corrected chi connectivity index (χ3v) is 6.03. The second-order valence-electron chi connectivity index (χ2n) is 7.49. The fourth-order valence-electron chi connectivity index (χ4n) is 3.66. The van der Waals surface area contributed by atoms with Gasteiger partial charge in [0.25, 0.3) is 0 Å². The summed E-state index contributed by atoms with van der Waals surface area (Å²) in [5.41, 5.74) is 4.40. The van der Waals surface area contributed by atoms with E-state index < -0.39 is 0 Å². The molecule has 1 heterocycles. The van der Waals surface area contributed by atoms with Crippen LogP contribution in [0.5, 0.6) is 11.5 Å². The van der Waals surface area contributed by atoms with E-state index in [2.05, 4.69) is 34.7 Å². The van der Waals surface area contributed by atoms with Gasteiger partial charge in [-0.05, 0) is 61.3 Å². The number of aromatic nitrogens is 1. The summed E-state index contributed by atoms with van der Waals surface area (Å²) in [7, 11) is 0. The Morgan fingerprint density at radius 2 is 1.72 bits per heavy atom. The van der Waals surface area contributed by atoms with E-state index in [-0.39, 0.29) is 6.61 Å². The summed E-state index contributed by atoms with van der Waals surface area (Å²) in [6.07, 6.45) is 3.05. The average Bonchev–Trinajstić information content (AvgIpc) is 3.21. The van der Waals surface area contributed by atoms with Gasteiger partial charge in [0.15, 0.2) is 11.5 Å². The standard InChI is InChI=1S/C26H26Cl2N2O2/c1-2-31-26-14-18(10-11-25(26)32-17-21-22(27)7-5-8-23(21)28)15-29-13-12-19-16-30-24-9-4-3-6-20(19)24/h3-11,14,16,29-30H,2,12-13,15,17H2,1H3. The van der Waals surface area contributed by atoms with E-state index in [9.17, 15) is 0 Å². The number of benzene rings is 3. The molecule has 0 amide bonds. The summed E-state index contributed by atoms with van der Waals surface area (Å²) >= 11 is 12.5. The molecule has 0 aliphatic carbocycles. The molecule has 0 saturated heterocycles. The number of hydrogen-bond donors (Lipinski definition) is 2. The highest BCUT2D eigenvalue weighted by Crippen LogP contribution is 2.31. The van der Waals surface area contributed by atoms with Crippen molar-refractivity contribution in [3.8, 4) is 11.5 Å². The molecule has 0 atom stereocenters. The third-order valence-electron chi connectivity index (χ3n) is 5.32. The molecule has 0 saturated carbocycles. The van der Waals surface area contributed by atoms with Gasteiger partial charge in [-0.15, -0.1) is 0 Å². The minimum atomic E-state index is 0.279. The first-order valence-electron chi connectivity index (χ1n) is 10.7. The SMILES string of the molecule is CCOc1cc(CNCCc2c[nH]c3ccccc23)ccc1OCc1c(Cl)cccc1Cl. The molecular formula is C26H26Cl2N2O2. The molecule has 0 radical (unpaired) electrons. The van der Waals surface area contributed by atoms with Crippen LogP contribution in [0.25, 0.3) is 10.9 Å². The first-order valence-corrected chi connectivity index (χ1v) is 11.5. The molecule has 6 heteroatoms. The Hall–Kier alpha value is -2.66. The van der Waals surface area contributed by atoms with Crippen molar-refractivity contribution in [1.29, 1.82) is 0 Å². The molecule has 4 rings (SSSR count). The van der Waals surface area contributed by atoms with Gasteiger partial charge in [-0.2, -0.15) is 0 Å². The number of aromatic amines is 1. The van der Waals surface area contributed by atoms with E-state index in [1.54, 1.807) is 12.1 Å². The monoisotopic (exact) mass is 468 g/mol. The number of hydrogen-bond acceptors (Lipinski definition) is 3. The van der Waals surface area contributed by atoms with Crippen molar-refractivity contribution < 1.29 is 9.47 Å². The Balaban J connectivity index is 1.35. The molecule has 3 aromatic carbocycles. The van der Waals surface area contributed by atoms with Gasteiger partial charge < -0.3 is 19.8 Å². The smallest absolute Gasteiger partial charge is 0.161 e. The second-order valence-corrected chi connectivity index (χ2v) is 8.30. The summed E-state index contributed by atoms with van der Waals surface area (Å²) in [6.45, 7) is 4.43. The van der Waals surface area contributed by atoms with Crippen LogP contribution in [-0.4, -0.2) is 18.1 Å². The maximum absolute atomic E-state index is 6.26. The predicted molar refractivity (Wildman–Crippen MR) is 132 cm³/mol. The van der Waals surface area contributed by atoms with Crippen molar-refractivity contribution in [1.82, 2.24) is 10.3 Å². The van der Waals surface area contributed by atoms with Crippen molar-refractivity contribution in [3.05, 3.63) is 93.6 Å². The normalized spacial score (nSPS) is 11.1. The van der Waals surface area contributed by atoms with Crippen LogP contribution < -0.4 is 14.8 Å². The maximum atomic E-state index is 6.26. The van der Waals surface area contributed by atoms with Crippen molar-refractivity contribution in [3.63, 3.8) is 0 Å². The largest absolute Gasteiger partial charge is 0.490 e. The van der Waals surface area contributed by atoms with Crippen molar-refractivity contribution in [2.75, 3.05) is 13.2 Å². The van der Waals surface area contributed by atoms with Crippen LogP contribution in [0.4, 0.5) is 0 Å². The van der Waals surface area contributed by atoms with Crippen LogP contribution in [0.3, 0.4) is 0 Å². The Morgan fingerprint density at radius 1 is 0.906 bits per heavy atom. The van der Waals surface area contributed by atoms with Crippen LogP contribution in [0, 0.1) is 0 Å². The number of fused-ring (bicyclic) bond motifs is 1. The molecule has 0 fully saturated rings. The fraction of sp³-hybridized carbons (Fsp3) is 0.231. The zero-order valence-electron chi connectivity index (χ0n) is 18.0. The summed E-state index contributed by atoms with van der Waals surface area (Å²) in [5.74, 6) is 1.39. The van der Waals surface area contributed by atoms with E-state index in [0.717, 1.165) is 30.6 Å². The van der Waals surface area contributed by atoms with E-state index >= 15 is 0 Å². The van der Waals surface area contributed by atoms with Crippen LogP contribution >= 0.6 is 23.2 Å². The maximum Gasteiger partial charge on any atom is 0.161 e. The molecule has 32 heavy (non-hydrogen) atoms. The fourth-order valence-corrected chi connectivity index (χ4v) is 4.17. The summed E-state index contributed by atoms with van der Waals surface area (Å²) in [6, 6.07) is 19.8. The number of rotatable bonds is 10. The highest BCUT2D eigenvalue weighted by atomic mass is 35.5. The quantitative estimate of drug-likeness (QED) is 0.252. The van der Waals surface area contributed by atoms with Gasteiger partial charge in [0, 0.05) is 39.3 Å². The minimum absolute atomic E-state index is 0.279. The lowest BCUT2D eigenvalue weighted by Gasteiger charge is -2.15. The molecule has 4 nitrogen and oxygen atoms in total. The predicted octanol–water partition coefficient (Wildman–Crippen LogP) is 6.78. The molecular weight excluding hydrogens is 443 g/mol. The van der Waals surface area contributed by atoms with Gasteiger partial charge in [-0.1, -0.05) is 53.5 Å². The lowest BCUT2D eigenvalue weighted by atomic mass is 10.1. The lowest BCUT2D eigenvalue weighted by Crippen LogP contribution is -2.16. The minimum Gasteiger partial charge on any atom is -0.490 e. The molecule has 0 spiro atoms. The number of H-pyrrole nitrogens is 1. The molecule has 0 aliphatic heterocycles. The van der Waals surface area contributed by atoms with Crippen LogP contribution in [0.15, 0.2) is 66.9 Å². The van der Waals surface area contributed by atoms with E-state index in [4.69, 9.17) is 32.7 Å². The van der Waals surface area contributed by atoms with E-state index in [1.807, 2.05) is 37.3 Å². The Morgan fingerprint density at radius 3 is 2.53 bits per heavy atom. The molecule has 2 N–H and O–H groups in total. The second kappa shape index (κ2) is 10.8. The molecule has 4 aromatic rings. The average molecular weight is 469 g/mol. The first-order chi connectivity index (χ1) is 15.7. The van der Waals surface area contributed by atoms with Gasteiger partial charge in [-0.3, -0.25) is 0 Å². The molecule has 166 valence electrons. The van der Waals surface area contributed by atoms with Crippen LogP contribution in [0.2, 0.25) is 10.0 Å². The zero-order chi connectivity index (χ0) is 22.3. The van der Waals surface area contributed by atoms with Gasteiger partial charge in [0.05, 0.1) is 6.61 Å². The Bertz CT molecular complexity index is 1170. The van der Waals surface area contributed by atoms with Crippen LogP contribution in [-0.2, 0) is 19.6 Å². The number of nitrogens with one attached hydrogen (secondary N) is 2. The van der Waals surface area contributed by atoms with Gasteiger partial charge >= 0.3 is 0 Å². The first kappa shape index (κ1) is 22.5. The summed E-state index contributed by atoms with van der Waals surface area (Å²) in [5, 5.41) is 5.98. The summed E-state index contributed by atoms with van der Waals surface area (Å²) in [4.78, 5) is 3.33. The number of ether oxygens (including phenoxy) is 2.